The molecule has 2 rings (SSSR count). The smallest absolute Gasteiger partial charge is 0.138 e. The van der Waals surface area contributed by atoms with Gasteiger partial charge >= 0.3 is 0 Å². The molecule has 1 aliphatic rings. The zero-order chi connectivity index (χ0) is 14.8. The highest BCUT2D eigenvalue weighted by atomic mass is 32.2. The fraction of sp³-hybridized carbons (Fsp3) is 0.733. The van der Waals surface area contributed by atoms with Gasteiger partial charge in [0.25, 0.3) is 0 Å². The van der Waals surface area contributed by atoms with Crippen molar-refractivity contribution in [2.45, 2.75) is 52.0 Å². The van der Waals surface area contributed by atoms with E-state index < -0.39 is 0 Å². The average Bonchev–Trinajstić information content (AvgIpc) is 2.41. The van der Waals surface area contributed by atoms with Gasteiger partial charge in [-0.3, -0.25) is 0 Å². The summed E-state index contributed by atoms with van der Waals surface area (Å²) in [6.07, 6.45) is 2.52. The monoisotopic (exact) mass is 294 g/mol. The van der Waals surface area contributed by atoms with Crippen LogP contribution in [0.2, 0.25) is 0 Å². The van der Waals surface area contributed by atoms with E-state index in [1.165, 1.54) is 24.3 Å². The molecule has 0 radical (unpaired) electrons. The van der Waals surface area contributed by atoms with Crippen molar-refractivity contribution in [1.29, 1.82) is 0 Å². The lowest BCUT2D eigenvalue weighted by Crippen LogP contribution is -2.28. The number of rotatable bonds is 3. The molecular formula is C15H26N4S. The van der Waals surface area contributed by atoms with Gasteiger partial charge in [0.05, 0.1) is 0 Å². The second-order valence-electron chi connectivity index (χ2n) is 6.43. The van der Waals surface area contributed by atoms with Gasteiger partial charge in [-0.2, -0.15) is 11.8 Å². The molecule has 112 valence electrons. The Morgan fingerprint density at radius 3 is 2.45 bits per heavy atom. The molecule has 0 saturated carbocycles. The van der Waals surface area contributed by atoms with Crippen LogP contribution in [0, 0.1) is 6.92 Å². The minimum atomic E-state index is -0.0446. The molecule has 1 atom stereocenters. The third kappa shape index (κ3) is 3.57. The number of thioether (sulfide) groups is 1. The highest BCUT2D eigenvalue weighted by molar-refractivity contribution is 7.99. The zero-order valence-corrected chi connectivity index (χ0v) is 14.0. The fourth-order valence-corrected chi connectivity index (χ4v) is 3.36. The molecule has 1 aliphatic heterocycles. The normalized spacial score (nSPS) is 19.8. The molecular weight excluding hydrogens is 268 g/mol. The molecule has 0 spiro atoms. The van der Waals surface area contributed by atoms with E-state index >= 15 is 0 Å². The molecule has 0 amide bonds. The van der Waals surface area contributed by atoms with E-state index in [1.807, 2.05) is 18.8 Å². The summed E-state index contributed by atoms with van der Waals surface area (Å²) in [5.74, 6) is 5.26. The SMILES string of the molecule is CNc1nc(C(C)(C)C)nc(NC2CCCSC2)c1C. The van der Waals surface area contributed by atoms with Crippen LogP contribution in [0.15, 0.2) is 0 Å². The fourth-order valence-electron chi connectivity index (χ4n) is 2.28. The van der Waals surface area contributed by atoms with Crippen LogP contribution >= 0.6 is 11.8 Å². The first-order valence-electron chi connectivity index (χ1n) is 7.33. The first-order chi connectivity index (χ1) is 9.41. The predicted octanol–water partition coefficient (Wildman–Crippen LogP) is 3.43. The van der Waals surface area contributed by atoms with Crippen LogP contribution in [0.25, 0.3) is 0 Å². The molecule has 1 unspecified atom stereocenters. The molecule has 0 aromatic carbocycles. The Morgan fingerprint density at radius 2 is 1.90 bits per heavy atom. The van der Waals surface area contributed by atoms with Crippen LogP contribution in [0.5, 0.6) is 0 Å². The molecule has 1 aromatic rings. The Kier molecular flexibility index (Phi) is 4.78. The third-order valence-corrected chi connectivity index (χ3v) is 4.77. The van der Waals surface area contributed by atoms with Crippen molar-refractivity contribution in [3.63, 3.8) is 0 Å². The van der Waals surface area contributed by atoms with Crippen LogP contribution in [-0.2, 0) is 5.41 Å². The number of hydrogen-bond acceptors (Lipinski definition) is 5. The van der Waals surface area contributed by atoms with Gasteiger partial charge in [0.1, 0.15) is 17.5 Å². The summed E-state index contributed by atoms with van der Waals surface area (Å²) in [7, 11) is 1.92. The first-order valence-corrected chi connectivity index (χ1v) is 8.48. The highest BCUT2D eigenvalue weighted by Crippen LogP contribution is 2.28. The van der Waals surface area contributed by atoms with Crippen LogP contribution in [0.4, 0.5) is 11.6 Å². The molecule has 2 heterocycles. The molecule has 5 heteroatoms. The number of nitrogens with one attached hydrogen (secondary N) is 2. The van der Waals surface area contributed by atoms with Crippen molar-refractivity contribution < 1.29 is 0 Å². The van der Waals surface area contributed by atoms with E-state index in [0.29, 0.717) is 6.04 Å². The topological polar surface area (TPSA) is 49.8 Å². The zero-order valence-electron chi connectivity index (χ0n) is 13.2. The number of aromatic nitrogens is 2. The Hall–Kier alpha value is -0.970. The lowest BCUT2D eigenvalue weighted by Gasteiger charge is -2.26. The van der Waals surface area contributed by atoms with E-state index in [1.54, 1.807) is 0 Å². The summed E-state index contributed by atoms with van der Waals surface area (Å²) in [5.41, 5.74) is 1.06. The van der Waals surface area contributed by atoms with Crippen LogP contribution in [0.3, 0.4) is 0 Å². The summed E-state index contributed by atoms with van der Waals surface area (Å²) in [6, 6.07) is 0.528. The van der Waals surface area contributed by atoms with Gasteiger partial charge in [0.2, 0.25) is 0 Å². The van der Waals surface area contributed by atoms with Gasteiger partial charge in [-0.05, 0) is 25.5 Å². The van der Waals surface area contributed by atoms with Crippen LogP contribution in [-0.4, -0.2) is 34.6 Å². The Balaban J connectivity index is 2.30. The molecule has 1 saturated heterocycles. The lowest BCUT2D eigenvalue weighted by atomic mass is 9.95. The lowest BCUT2D eigenvalue weighted by molar-refractivity contribution is 0.545. The van der Waals surface area contributed by atoms with Crippen molar-refractivity contribution in [3.8, 4) is 0 Å². The third-order valence-electron chi connectivity index (χ3n) is 3.55. The van der Waals surface area contributed by atoms with Crippen molar-refractivity contribution in [2.75, 3.05) is 29.2 Å². The standard InChI is InChI=1S/C15H26N4S/c1-10-12(16-5)18-14(15(2,3)4)19-13(10)17-11-7-6-8-20-9-11/h11H,6-9H2,1-5H3,(H2,16,17,18,19). The van der Waals surface area contributed by atoms with E-state index in [-0.39, 0.29) is 5.41 Å². The minimum absolute atomic E-state index is 0.0446. The van der Waals surface area contributed by atoms with Gasteiger partial charge in [-0.25, -0.2) is 9.97 Å². The summed E-state index contributed by atoms with van der Waals surface area (Å²) in [4.78, 5) is 9.42. The van der Waals surface area contributed by atoms with E-state index in [9.17, 15) is 0 Å². The quantitative estimate of drug-likeness (QED) is 0.894. The number of hydrogen-bond donors (Lipinski definition) is 2. The number of nitrogens with zero attached hydrogens (tertiary/aromatic N) is 2. The van der Waals surface area contributed by atoms with E-state index in [0.717, 1.165) is 23.0 Å². The molecule has 1 aromatic heterocycles. The largest absolute Gasteiger partial charge is 0.373 e. The van der Waals surface area contributed by atoms with Crippen molar-refractivity contribution in [3.05, 3.63) is 11.4 Å². The molecule has 0 aliphatic carbocycles. The van der Waals surface area contributed by atoms with Crippen molar-refractivity contribution in [2.24, 2.45) is 0 Å². The van der Waals surface area contributed by atoms with E-state index in [2.05, 4.69) is 43.3 Å². The predicted molar refractivity (Wildman–Crippen MR) is 89.0 cm³/mol. The maximum Gasteiger partial charge on any atom is 0.138 e. The van der Waals surface area contributed by atoms with Gasteiger partial charge in [0, 0.05) is 29.8 Å². The van der Waals surface area contributed by atoms with Crippen LogP contribution in [0.1, 0.15) is 45.0 Å². The summed E-state index contributed by atoms with van der Waals surface area (Å²) in [5, 5.41) is 6.81. The maximum absolute atomic E-state index is 4.77. The maximum atomic E-state index is 4.77. The Morgan fingerprint density at radius 1 is 1.20 bits per heavy atom. The Bertz CT molecular complexity index is 462. The van der Waals surface area contributed by atoms with E-state index in [4.69, 9.17) is 4.98 Å². The summed E-state index contributed by atoms with van der Waals surface area (Å²) < 4.78 is 0. The van der Waals surface area contributed by atoms with Gasteiger partial charge in [-0.1, -0.05) is 20.8 Å². The average molecular weight is 294 g/mol. The minimum Gasteiger partial charge on any atom is -0.373 e. The molecule has 20 heavy (non-hydrogen) atoms. The first kappa shape index (κ1) is 15.4. The summed E-state index contributed by atoms with van der Waals surface area (Å²) >= 11 is 2.03. The van der Waals surface area contributed by atoms with Gasteiger partial charge < -0.3 is 10.6 Å². The molecule has 2 N–H and O–H groups in total. The molecule has 1 fully saturated rings. The number of anilines is 2. The second kappa shape index (κ2) is 6.20. The van der Waals surface area contributed by atoms with Crippen LogP contribution < -0.4 is 10.6 Å². The molecule has 4 nitrogen and oxygen atoms in total. The Labute approximate surface area is 126 Å². The van der Waals surface area contributed by atoms with Crippen molar-refractivity contribution in [1.82, 2.24) is 9.97 Å². The van der Waals surface area contributed by atoms with Gasteiger partial charge in [-0.15, -0.1) is 0 Å². The highest BCUT2D eigenvalue weighted by Gasteiger charge is 2.22. The molecule has 0 bridgehead atoms. The summed E-state index contributed by atoms with van der Waals surface area (Å²) in [6.45, 7) is 8.53. The van der Waals surface area contributed by atoms with Gasteiger partial charge in [0.15, 0.2) is 0 Å². The second-order valence-corrected chi connectivity index (χ2v) is 7.58. The van der Waals surface area contributed by atoms with Crippen molar-refractivity contribution >= 4 is 23.4 Å².